The molecule has 4 rings (SSSR count). The van der Waals surface area contributed by atoms with Crippen molar-refractivity contribution in [3.05, 3.63) is 69.7 Å². The van der Waals surface area contributed by atoms with Gasteiger partial charge in [-0.2, -0.15) is 0 Å². The summed E-state index contributed by atoms with van der Waals surface area (Å²) in [6.45, 7) is 0.324. The summed E-state index contributed by atoms with van der Waals surface area (Å²) in [5.41, 5.74) is 5.49. The van der Waals surface area contributed by atoms with Crippen LogP contribution in [-0.2, 0) is 6.42 Å². The average molecular weight is 397 g/mol. The topological polar surface area (TPSA) is 20.2 Å². The Bertz CT molecular complexity index is 761. The van der Waals surface area contributed by atoms with Crippen LogP contribution in [0.4, 0.5) is 0 Å². The lowest BCUT2D eigenvalue weighted by molar-refractivity contribution is 0.180. The third kappa shape index (κ3) is 4.81. The van der Waals surface area contributed by atoms with Crippen molar-refractivity contribution < 1.29 is 5.11 Å². The van der Waals surface area contributed by atoms with Gasteiger partial charge in [0.25, 0.3) is 0 Å². The molecule has 0 saturated heterocycles. The van der Waals surface area contributed by atoms with Gasteiger partial charge < -0.3 is 5.11 Å². The maximum absolute atomic E-state index is 9.54. The van der Waals surface area contributed by atoms with E-state index >= 15 is 0 Å². The van der Waals surface area contributed by atoms with Crippen molar-refractivity contribution in [2.75, 3.05) is 6.61 Å². The van der Waals surface area contributed by atoms with Crippen LogP contribution in [0.1, 0.15) is 91.9 Å². The zero-order valence-corrected chi connectivity index (χ0v) is 17.6. The van der Waals surface area contributed by atoms with Gasteiger partial charge in [0.15, 0.2) is 0 Å². The van der Waals surface area contributed by atoms with E-state index in [0.29, 0.717) is 18.4 Å². The SMILES string of the molecule is OCC1CCCC(c2ccc(Cl)c(Cc3ccc(C4CCCCC4)cc3)c2)C1. The van der Waals surface area contributed by atoms with Crippen molar-refractivity contribution in [2.24, 2.45) is 5.92 Å². The molecule has 0 bridgehead atoms. The van der Waals surface area contributed by atoms with E-state index < -0.39 is 0 Å². The Balaban J connectivity index is 1.46. The van der Waals surface area contributed by atoms with Crippen LogP contribution in [0.15, 0.2) is 42.5 Å². The Labute approximate surface area is 175 Å². The van der Waals surface area contributed by atoms with E-state index in [1.165, 1.54) is 73.6 Å². The lowest BCUT2D eigenvalue weighted by Crippen LogP contribution is -2.17. The average Bonchev–Trinajstić information content (AvgIpc) is 2.76. The Hall–Kier alpha value is -1.31. The van der Waals surface area contributed by atoms with Gasteiger partial charge in [-0.15, -0.1) is 0 Å². The van der Waals surface area contributed by atoms with Gasteiger partial charge in [0.05, 0.1) is 0 Å². The molecule has 2 heteroatoms. The number of aliphatic hydroxyl groups is 1. The minimum absolute atomic E-state index is 0.324. The van der Waals surface area contributed by atoms with Crippen molar-refractivity contribution in [1.29, 1.82) is 0 Å². The highest BCUT2D eigenvalue weighted by molar-refractivity contribution is 6.31. The molecule has 1 nitrogen and oxygen atoms in total. The van der Waals surface area contributed by atoms with Crippen molar-refractivity contribution >= 4 is 11.6 Å². The van der Waals surface area contributed by atoms with E-state index in [0.717, 1.165) is 23.8 Å². The second kappa shape index (κ2) is 9.46. The summed E-state index contributed by atoms with van der Waals surface area (Å²) >= 11 is 6.55. The van der Waals surface area contributed by atoms with Gasteiger partial charge in [-0.25, -0.2) is 0 Å². The number of benzene rings is 2. The van der Waals surface area contributed by atoms with Gasteiger partial charge in [-0.05, 0) is 84.6 Å². The fourth-order valence-corrected chi connectivity index (χ4v) is 5.49. The largest absolute Gasteiger partial charge is 0.396 e. The summed E-state index contributed by atoms with van der Waals surface area (Å²) in [4.78, 5) is 0. The zero-order chi connectivity index (χ0) is 19.3. The predicted molar refractivity (Wildman–Crippen MR) is 118 cm³/mol. The van der Waals surface area contributed by atoms with Crippen LogP contribution in [-0.4, -0.2) is 11.7 Å². The molecule has 2 saturated carbocycles. The van der Waals surface area contributed by atoms with Gasteiger partial charge in [0.2, 0.25) is 0 Å². The number of rotatable bonds is 5. The van der Waals surface area contributed by atoms with Gasteiger partial charge in [0.1, 0.15) is 0 Å². The van der Waals surface area contributed by atoms with Crippen LogP contribution < -0.4 is 0 Å². The molecule has 1 N–H and O–H groups in total. The molecular formula is C26H33ClO. The van der Waals surface area contributed by atoms with Crippen LogP contribution in [0, 0.1) is 5.92 Å². The lowest BCUT2D eigenvalue weighted by Gasteiger charge is -2.28. The maximum atomic E-state index is 9.54. The monoisotopic (exact) mass is 396 g/mol. The highest BCUT2D eigenvalue weighted by atomic mass is 35.5. The Morgan fingerprint density at radius 3 is 2.25 bits per heavy atom. The molecule has 2 fully saturated rings. The molecule has 0 spiro atoms. The normalized spacial score (nSPS) is 23.6. The predicted octanol–water partition coefficient (Wildman–Crippen LogP) is 7.24. The van der Waals surface area contributed by atoms with E-state index in [-0.39, 0.29) is 0 Å². The molecule has 2 aromatic carbocycles. The number of aliphatic hydroxyl groups excluding tert-OH is 1. The van der Waals surface area contributed by atoms with E-state index in [2.05, 4.69) is 42.5 Å². The molecule has 0 radical (unpaired) electrons. The second-order valence-corrected chi connectivity index (χ2v) is 9.42. The standard InChI is InChI=1S/C26H33ClO/c27-26-14-13-24(23-8-4-5-20(16-23)18-28)17-25(26)15-19-9-11-22(12-10-19)21-6-2-1-3-7-21/h9-14,17,20-21,23,28H,1-8,15-16,18H2. The van der Waals surface area contributed by atoms with E-state index in [4.69, 9.17) is 11.6 Å². The van der Waals surface area contributed by atoms with Crippen molar-refractivity contribution in [3.8, 4) is 0 Å². The molecule has 2 aliphatic carbocycles. The zero-order valence-electron chi connectivity index (χ0n) is 16.9. The Morgan fingerprint density at radius 2 is 1.50 bits per heavy atom. The van der Waals surface area contributed by atoms with Crippen LogP contribution in [0.5, 0.6) is 0 Å². The van der Waals surface area contributed by atoms with Crippen molar-refractivity contribution in [2.45, 2.75) is 76.0 Å². The van der Waals surface area contributed by atoms with Crippen molar-refractivity contribution in [1.82, 2.24) is 0 Å². The molecule has 150 valence electrons. The fourth-order valence-electron chi connectivity index (χ4n) is 5.31. The van der Waals surface area contributed by atoms with Gasteiger partial charge >= 0.3 is 0 Å². The Morgan fingerprint density at radius 1 is 0.786 bits per heavy atom. The first-order chi connectivity index (χ1) is 13.7. The highest BCUT2D eigenvalue weighted by Crippen LogP contribution is 2.37. The molecule has 2 aromatic rings. The van der Waals surface area contributed by atoms with E-state index in [1.807, 2.05) is 0 Å². The minimum Gasteiger partial charge on any atom is -0.396 e. The van der Waals surface area contributed by atoms with Crippen LogP contribution in [0.3, 0.4) is 0 Å². The third-order valence-electron chi connectivity index (χ3n) is 7.03. The van der Waals surface area contributed by atoms with Gasteiger partial charge in [-0.1, -0.05) is 73.7 Å². The fraction of sp³-hybridized carbons (Fsp3) is 0.538. The molecule has 28 heavy (non-hydrogen) atoms. The molecule has 0 aromatic heterocycles. The first kappa shape index (κ1) is 20.0. The molecule has 2 atom stereocenters. The highest BCUT2D eigenvalue weighted by Gasteiger charge is 2.23. The summed E-state index contributed by atoms with van der Waals surface area (Å²) in [7, 11) is 0. The minimum atomic E-state index is 0.324. The second-order valence-electron chi connectivity index (χ2n) is 9.02. The smallest absolute Gasteiger partial charge is 0.0459 e. The summed E-state index contributed by atoms with van der Waals surface area (Å²) in [6.07, 6.45) is 12.5. The summed E-state index contributed by atoms with van der Waals surface area (Å²) in [6, 6.07) is 15.9. The molecule has 0 aliphatic heterocycles. The van der Waals surface area contributed by atoms with Crippen LogP contribution >= 0.6 is 11.6 Å². The summed E-state index contributed by atoms with van der Waals surface area (Å²) in [5, 5.41) is 10.4. The van der Waals surface area contributed by atoms with Crippen molar-refractivity contribution in [3.63, 3.8) is 0 Å². The van der Waals surface area contributed by atoms with Gasteiger partial charge in [0, 0.05) is 11.6 Å². The van der Waals surface area contributed by atoms with Crippen LogP contribution in [0.2, 0.25) is 5.02 Å². The third-order valence-corrected chi connectivity index (χ3v) is 7.40. The van der Waals surface area contributed by atoms with E-state index in [1.54, 1.807) is 0 Å². The quantitative estimate of drug-likeness (QED) is 0.564. The first-order valence-corrected chi connectivity index (χ1v) is 11.6. The molecular weight excluding hydrogens is 364 g/mol. The van der Waals surface area contributed by atoms with Crippen LogP contribution in [0.25, 0.3) is 0 Å². The molecule has 0 amide bonds. The Kier molecular flexibility index (Phi) is 6.75. The number of hydrogen-bond donors (Lipinski definition) is 1. The molecule has 2 unspecified atom stereocenters. The number of halogens is 1. The summed E-state index contributed by atoms with van der Waals surface area (Å²) in [5.74, 6) is 1.79. The summed E-state index contributed by atoms with van der Waals surface area (Å²) < 4.78 is 0. The lowest BCUT2D eigenvalue weighted by atomic mass is 9.78. The maximum Gasteiger partial charge on any atom is 0.0459 e. The number of hydrogen-bond acceptors (Lipinski definition) is 1. The molecule has 0 heterocycles. The molecule has 2 aliphatic rings. The van der Waals surface area contributed by atoms with E-state index in [9.17, 15) is 5.11 Å². The first-order valence-electron chi connectivity index (χ1n) is 11.2. The van der Waals surface area contributed by atoms with Gasteiger partial charge in [-0.3, -0.25) is 0 Å².